The van der Waals surface area contributed by atoms with Crippen LogP contribution in [-0.4, -0.2) is 50.9 Å². The molecule has 2 N–H and O–H groups in total. The van der Waals surface area contributed by atoms with Crippen molar-refractivity contribution in [2.24, 2.45) is 7.05 Å². The van der Waals surface area contributed by atoms with E-state index in [-0.39, 0.29) is 36.0 Å². The van der Waals surface area contributed by atoms with Crippen LogP contribution >= 0.6 is 11.8 Å². The van der Waals surface area contributed by atoms with Gasteiger partial charge in [-0.3, -0.25) is 14.4 Å². The van der Waals surface area contributed by atoms with Crippen molar-refractivity contribution >= 4 is 35.2 Å². The molecule has 0 saturated heterocycles. The fourth-order valence-corrected chi connectivity index (χ4v) is 3.29. The first-order valence-electron chi connectivity index (χ1n) is 9.34. The van der Waals surface area contributed by atoms with Crippen LogP contribution in [0.3, 0.4) is 0 Å². The smallest absolute Gasteiger partial charge is 0.313 e. The van der Waals surface area contributed by atoms with Gasteiger partial charge in [-0.25, -0.2) is 0 Å². The van der Waals surface area contributed by atoms with E-state index in [1.807, 2.05) is 0 Å². The summed E-state index contributed by atoms with van der Waals surface area (Å²) >= 11 is 1.20. The first-order valence-corrected chi connectivity index (χ1v) is 10.3. The molecule has 1 heterocycles. The topological polar surface area (TPSA) is 115 Å². The van der Waals surface area contributed by atoms with E-state index in [1.54, 1.807) is 42.8 Å². The Morgan fingerprint density at radius 2 is 2.00 bits per heavy atom. The number of anilines is 1. The highest BCUT2D eigenvalue weighted by Crippen LogP contribution is 2.22. The van der Waals surface area contributed by atoms with Crippen LogP contribution in [0.1, 0.15) is 35.9 Å². The Balaban J connectivity index is 1.56. The van der Waals surface area contributed by atoms with Crippen molar-refractivity contribution in [2.45, 2.75) is 37.4 Å². The molecule has 0 unspecified atom stereocenters. The zero-order chi connectivity index (χ0) is 20.8. The highest BCUT2D eigenvalue weighted by molar-refractivity contribution is 7.99. The molecule has 1 aromatic heterocycles. The first kappa shape index (κ1) is 20.8. The van der Waals surface area contributed by atoms with Crippen LogP contribution in [0.15, 0.2) is 29.4 Å². The van der Waals surface area contributed by atoms with Crippen LogP contribution < -0.4 is 10.6 Å². The molecular formula is C19H23N5O4S. The summed E-state index contributed by atoms with van der Waals surface area (Å²) in [5.74, 6) is -0.277. The molecule has 0 radical (unpaired) electrons. The Labute approximate surface area is 172 Å². The number of aromatic nitrogens is 3. The number of rotatable bonds is 9. The fourth-order valence-electron chi connectivity index (χ4n) is 2.56. The number of hydrogen-bond acceptors (Lipinski definition) is 7. The summed E-state index contributed by atoms with van der Waals surface area (Å²) in [6.07, 6.45) is 2.01. The van der Waals surface area contributed by atoms with Gasteiger partial charge in [-0.15, -0.1) is 10.2 Å². The first-order chi connectivity index (χ1) is 14.0. The number of carbonyl (C=O) groups is 3. The van der Waals surface area contributed by atoms with Gasteiger partial charge in [0.05, 0.1) is 23.6 Å². The largest absolute Gasteiger partial charge is 0.466 e. The Morgan fingerprint density at radius 3 is 2.72 bits per heavy atom. The zero-order valence-electron chi connectivity index (χ0n) is 16.3. The zero-order valence-corrected chi connectivity index (χ0v) is 17.1. The summed E-state index contributed by atoms with van der Waals surface area (Å²) in [7, 11) is 1.73. The lowest BCUT2D eigenvalue weighted by Gasteiger charge is -2.11. The fraction of sp³-hybridized carbons (Fsp3) is 0.421. The quantitative estimate of drug-likeness (QED) is 0.470. The minimum absolute atomic E-state index is 0.0214. The van der Waals surface area contributed by atoms with Crippen molar-refractivity contribution in [3.8, 4) is 0 Å². The van der Waals surface area contributed by atoms with Crippen LogP contribution in [0.2, 0.25) is 0 Å². The molecule has 1 aromatic carbocycles. The van der Waals surface area contributed by atoms with Gasteiger partial charge in [-0.05, 0) is 31.9 Å². The van der Waals surface area contributed by atoms with Crippen molar-refractivity contribution in [1.82, 2.24) is 20.1 Å². The third kappa shape index (κ3) is 5.80. The van der Waals surface area contributed by atoms with Gasteiger partial charge in [0, 0.05) is 13.1 Å². The van der Waals surface area contributed by atoms with Crippen molar-refractivity contribution in [2.75, 3.05) is 17.7 Å². The normalized spacial score (nSPS) is 13.0. The number of amides is 2. The molecule has 9 nitrogen and oxygen atoms in total. The van der Waals surface area contributed by atoms with E-state index >= 15 is 0 Å². The molecule has 154 valence electrons. The van der Waals surface area contributed by atoms with Gasteiger partial charge in [0.15, 0.2) is 5.16 Å². The third-order valence-electron chi connectivity index (χ3n) is 4.22. The van der Waals surface area contributed by atoms with Crippen molar-refractivity contribution in [3.63, 3.8) is 0 Å². The van der Waals surface area contributed by atoms with Crippen LogP contribution in [-0.2, 0) is 27.8 Å². The number of hydrogen-bond donors (Lipinski definition) is 2. The summed E-state index contributed by atoms with van der Waals surface area (Å²) < 4.78 is 6.57. The number of nitrogens with zero attached hydrogens (tertiary/aromatic N) is 3. The second-order valence-electron chi connectivity index (χ2n) is 6.57. The Hall–Kier alpha value is -2.88. The maximum Gasteiger partial charge on any atom is 0.313 e. The van der Waals surface area contributed by atoms with E-state index in [1.165, 1.54) is 11.8 Å². The van der Waals surface area contributed by atoms with Crippen LogP contribution in [0.25, 0.3) is 0 Å². The predicted molar refractivity (Wildman–Crippen MR) is 108 cm³/mol. The number of esters is 1. The van der Waals surface area contributed by atoms with Crippen LogP contribution in [0.5, 0.6) is 0 Å². The van der Waals surface area contributed by atoms with Crippen LogP contribution in [0, 0.1) is 0 Å². The molecule has 1 saturated carbocycles. The summed E-state index contributed by atoms with van der Waals surface area (Å²) in [4.78, 5) is 36.3. The van der Waals surface area contributed by atoms with E-state index in [2.05, 4.69) is 20.8 Å². The second-order valence-corrected chi connectivity index (χ2v) is 7.51. The van der Waals surface area contributed by atoms with Gasteiger partial charge < -0.3 is 19.9 Å². The molecule has 1 fully saturated rings. The lowest BCUT2D eigenvalue weighted by atomic mass is 10.1. The van der Waals surface area contributed by atoms with E-state index in [4.69, 9.17) is 4.74 Å². The number of para-hydroxylation sites is 1. The van der Waals surface area contributed by atoms with E-state index in [0.29, 0.717) is 28.8 Å². The minimum Gasteiger partial charge on any atom is -0.466 e. The highest BCUT2D eigenvalue weighted by Gasteiger charge is 2.25. The van der Waals surface area contributed by atoms with Gasteiger partial charge in [-0.1, -0.05) is 23.9 Å². The SMILES string of the molecule is CCOC(=O)Cc1nnc(SCC(=O)Nc2ccccc2C(=O)NC2CC2)n1C. The number of ether oxygens (including phenoxy) is 1. The van der Waals surface area contributed by atoms with E-state index in [9.17, 15) is 14.4 Å². The average molecular weight is 417 g/mol. The third-order valence-corrected chi connectivity index (χ3v) is 5.24. The number of nitrogens with one attached hydrogen (secondary N) is 2. The molecule has 2 aromatic rings. The van der Waals surface area contributed by atoms with Gasteiger partial charge in [0.1, 0.15) is 12.2 Å². The monoisotopic (exact) mass is 417 g/mol. The molecule has 0 aliphatic heterocycles. The van der Waals surface area contributed by atoms with Crippen LogP contribution in [0.4, 0.5) is 5.69 Å². The summed E-state index contributed by atoms with van der Waals surface area (Å²) in [5.41, 5.74) is 0.908. The van der Waals surface area contributed by atoms with Crippen molar-refractivity contribution in [1.29, 1.82) is 0 Å². The summed E-state index contributed by atoms with van der Waals surface area (Å²) in [6.45, 7) is 2.04. The Bertz CT molecular complexity index is 910. The average Bonchev–Trinajstić information content (AvgIpc) is 3.44. The van der Waals surface area contributed by atoms with Gasteiger partial charge in [0.2, 0.25) is 5.91 Å². The van der Waals surface area contributed by atoms with Gasteiger partial charge >= 0.3 is 5.97 Å². The van der Waals surface area contributed by atoms with E-state index in [0.717, 1.165) is 12.8 Å². The maximum atomic E-state index is 12.4. The molecular weight excluding hydrogens is 394 g/mol. The maximum absolute atomic E-state index is 12.4. The minimum atomic E-state index is -0.377. The molecule has 10 heteroatoms. The molecule has 2 amide bonds. The number of thioether (sulfide) groups is 1. The Kier molecular flexibility index (Phi) is 6.86. The lowest BCUT2D eigenvalue weighted by Crippen LogP contribution is -2.27. The molecule has 1 aliphatic carbocycles. The van der Waals surface area contributed by atoms with E-state index < -0.39 is 0 Å². The molecule has 0 bridgehead atoms. The number of carbonyl (C=O) groups excluding carboxylic acids is 3. The van der Waals surface area contributed by atoms with Crippen molar-refractivity contribution in [3.05, 3.63) is 35.7 Å². The highest BCUT2D eigenvalue weighted by atomic mass is 32.2. The number of benzene rings is 1. The molecule has 29 heavy (non-hydrogen) atoms. The van der Waals surface area contributed by atoms with Gasteiger partial charge in [0.25, 0.3) is 5.91 Å². The summed E-state index contributed by atoms with van der Waals surface area (Å²) in [6, 6.07) is 7.15. The Morgan fingerprint density at radius 1 is 1.24 bits per heavy atom. The van der Waals surface area contributed by atoms with Gasteiger partial charge in [-0.2, -0.15) is 0 Å². The summed E-state index contributed by atoms with van der Waals surface area (Å²) in [5, 5.41) is 14.2. The second kappa shape index (κ2) is 9.55. The molecule has 3 rings (SSSR count). The lowest BCUT2D eigenvalue weighted by molar-refractivity contribution is -0.142. The molecule has 1 aliphatic rings. The standard InChI is InChI=1S/C19H23N5O4S/c1-3-28-17(26)10-15-22-23-19(24(15)2)29-11-16(25)21-14-7-5-4-6-13(14)18(27)20-12-8-9-12/h4-7,12H,3,8-11H2,1-2H3,(H,20,27)(H,21,25). The molecule has 0 atom stereocenters. The predicted octanol–water partition coefficient (Wildman–Crippen LogP) is 1.54. The van der Waals surface area contributed by atoms with Crippen molar-refractivity contribution < 1.29 is 19.1 Å². The molecule has 0 spiro atoms.